The van der Waals surface area contributed by atoms with Crippen molar-refractivity contribution in [3.63, 3.8) is 0 Å². The highest BCUT2D eigenvalue weighted by Crippen LogP contribution is 2.18. The number of carbonyl (C=O) groups excluding carboxylic acids is 1. The highest BCUT2D eigenvalue weighted by Gasteiger charge is 2.10. The summed E-state index contributed by atoms with van der Waals surface area (Å²) in [7, 11) is 0. The number of benzene rings is 2. The molecule has 3 N–H and O–H groups in total. The van der Waals surface area contributed by atoms with Crippen molar-refractivity contribution in [2.45, 2.75) is 0 Å². The molecule has 7 heteroatoms. The van der Waals surface area contributed by atoms with Gasteiger partial charge in [0, 0.05) is 22.7 Å². The molecule has 0 unspecified atom stereocenters. The van der Waals surface area contributed by atoms with Crippen molar-refractivity contribution in [2.75, 3.05) is 6.61 Å². The standard InChI is InChI=1S/C18H15N3O4/c22-17(23)11-25-16-8-4-1-5-12(16)9-20-21-18(24)14-10-19-15-7-3-2-6-13(14)15/h1-10,19H,11H2,(H,21,24)(H,22,23). The van der Waals surface area contributed by atoms with Crippen molar-refractivity contribution in [1.29, 1.82) is 0 Å². The highest BCUT2D eigenvalue weighted by molar-refractivity contribution is 6.06. The number of hydrogen-bond acceptors (Lipinski definition) is 4. The molecule has 2 aromatic carbocycles. The van der Waals surface area contributed by atoms with Crippen molar-refractivity contribution < 1.29 is 19.4 Å². The number of hydrogen-bond donors (Lipinski definition) is 3. The predicted molar refractivity (Wildman–Crippen MR) is 92.9 cm³/mol. The first-order valence-electron chi connectivity index (χ1n) is 7.48. The van der Waals surface area contributed by atoms with Gasteiger partial charge in [0.15, 0.2) is 6.61 Å². The number of carboxylic acids is 1. The van der Waals surface area contributed by atoms with E-state index in [1.807, 2.05) is 24.3 Å². The van der Waals surface area contributed by atoms with Gasteiger partial charge in [-0.25, -0.2) is 10.2 Å². The van der Waals surface area contributed by atoms with Gasteiger partial charge in [-0.15, -0.1) is 0 Å². The van der Waals surface area contributed by atoms with Gasteiger partial charge < -0.3 is 14.8 Å². The number of carbonyl (C=O) groups is 2. The van der Waals surface area contributed by atoms with E-state index in [-0.39, 0.29) is 5.91 Å². The van der Waals surface area contributed by atoms with Crippen LogP contribution in [0.1, 0.15) is 15.9 Å². The summed E-state index contributed by atoms with van der Waals surface area (Å²) in [6.07, 6.45) is 3.03. The average Bonchev–Trinajstić information content (AvgIpc) is 3.05. The first-order chi connectivity index (χ1) is 12.1. The fourth-order valence-electron chi connectivity index (χ4n) is 2.34. The second-order valence-corrected chi connectivity index (χ2v) is 5.17. The molecule has 25 heavy (non-hydrogen) atoms. The second kappa shape index (κ2) is 7.31. The van der Waals surface area contributed by atoms with E-state index in [2.05, 4.69) is 15.5 Å². The summed E-state index contributed by atoms with van der Waals surface area (Å²) >= 11 is 0. The molecule has 0 bridgehead atoms. The molecule has 0 atom stereocenters. The van der Waals surface area contributed by atoms with Crippen LogP contribution in [0.4, 0.5) is 0 Å². The molecule has 1 heterocycles. The summed E-state index contributed by atoms with van der Waals surface area (Å²) in [6.45, 7) is -0.452. The Morgan fingerprint density at radius 2 is 1.92 bits per heavy atom. The Bertz CT molecular complexity index is 946. The molecule has 0 fully saturated rings. The molecule has 3 rings (SSSR count). The Morgan fingerprint density at radius 3 is 2.76 bits per heavy atom. The Balaban J connectivity index is 1.71. The number of para-hydroxylation sites is 2. The minimum atomic E-state index is -1.07. The van der Waals surface area contributed by atoms with E-state index in [0.717, 1.165) is 10.9 Å². The normalized spacial score (nSPS) is 10.9. The number of hydrazone groups is 1. The van der Waals surface area contributed by atoms with Gasteiger partial charge >= 0.3 is 5.97 Å². The molecule has 1 aromatic heterocycles. The van der Waals surface area contributed by atoms with Gasteiger partial charge in [-0.05, 0) is 18.2 Å². The van der Waals surface area contributed by atoms with Gasteiger partial charge in [0.1, 0.15) is 5.75 Å². The lowest BCUT2D eigenvalue weighted by Gasteiger charge is -2.06. The Labute approximate surface area is 142 Å². The minimum absolute atomic E-state index is 0.349. The number of aromatic amines is 1. The van der Waals surface area contributed by atoms with Crippen LogP contribution in [0.2, 0.25) is 0 Å². The topological polar surface area (TPSA) is 104 Å². The van der Waals surface area contributed by atoms with E-state index in [1.54, 1.807) is 30.5 Å². The quantitative estimate of drug-likeness (QED) is 0.474. The van der Waals surface area contributed by atoms with Gasteiger partial charge in [-0.3, -0.25) is 4.79 Å². The third-order valence-electron chi connectivity index (χ3n) is 3.47. The molecule has 7 nitrogen and oxygen atoms in total. The number of nitrogens with zero attached hydrogens (tertiary/aromatic N) is 1. The van der Waals surface area contributed by atoms with Gasteiger partial charge in [-0.1, -0.05) is 30.3 Å². The summed E-state index contributed by atoms with van der Waals surface area (Å²) in [5, 5.41) is 13.4. The number of rotatable bonds is 6. The van der Waals surface area contributed by atoms with Crippen molar-refractivity contribution in [2.24, 2.45) is 5.10 Å². The molecule has 0 saturated heterocycles. The largest absolute Gasteiger partial charge is 0.481 e. The van der Waals surface area contributed by atoms with Gasteiger partial charge in [-0.2, -0.15) is 5.10 Å². The van der Waals surface area contributed by atoms with E-state index in [4.69, 9.17) is 9.84 Å². The van der Waals surface area contributed by atoms with Crippen molar-refractivity contribution in [1.82, 2.24) is 10.4 Å². The summed E-state index contributed by atoms with van der Waals surface area (Å²) in [4.78, 5) is 25.9. The molecule has 0 radical (unpaired) electrons. The zero-order valence-corrected chi connectivity index (χ0v) is 13.1. The first kappa shape index (κ1) is 16.3. The van der Waals surface area contributed by atoms with Crippen LogP contribution < -0.4 is 10.2 Å². The number of amides is 1. The number of aromatic nitrogens is 1. The molecule has 0 aliphatic heterocycles. The molecule has 3 aromatic rings. The summed E-state index contributed by atoms with van der Waals surface area (Å²) < 4.78 is 5.18. The Kier molecular flexibility index (Phi) is 4.75. The fraction of sp³-hybridized carbons (Fsp3) is 0.0556. The minimum Gasteiger partial charge on any atom is -0.481 e. The van der Waals surface area contributed by atoms with Gasteiger partial charge in [0.05, 0.1) is 11.8 Å². The monoisotopic (exact) mass is 337 g/mol. The number of fused-ring (bicyclic) bond motifs is 1. The van der Waals surface area contributed by atoms with Crippen LogP contribution in [-0.4, -0.2) is 34.8 Å². The maximum Gasteiger partial charge on any atom is 0.341 e. The van der Waals surface area contributed by atoms with Crippen molar-refractivity contribution in [3.8, 4) is 5.75 Å². The van der Waals surface area contributed by atoms with Crippen LogP contribution in [0.25, 0.3) is 10.9 Å². The van der Waals surface area contributed by atoms with Crippen LogP contribution in [0.3, 0.4) is 0 Å². The van der Waals surface area contributed by atoms with Crippen LogP contribution in [0.15, 0.2) is 59.8 Å². The smallest absolute Gasteiger partial charge is 0.341 e. The van der Waals surface area contributed by atoms with Crippen molar-refractivity contribution >= 4 is 29.0 Å². The van der Waals surface area contributed by atoms with E-state index in [1.165, 1.54) is 6.21 Å². The van der Waals surface area contributed by atoms with Crippen LogP contribution in [0.5, 0.6) is 5.75 Å². The first-order valence-corrected chi connectivity index (χ1v) is 7.48. The van der Waals surface area contributed by atoms with E-state index < -0.39 is 12.6 Å². The molecule has 0 aliphatic carbocycles. The van der Waals surface area contributed by atoms with E-state index in [9.17, 15) is 9.59 Å². The Morgan fingerprint density at radius 1 is 1.16 bits per heavy atom. The molecule has 0 spiro atoms. The number of carboxylic acid groups (broad SMARTS) is 1. The third-order valence-corrected chi connectivity index (χ3v) is 3.47. The molecular weight excluding hydrogens is 322 g/mol. The van der Waals surface area contributed by atoms with Crippen LogP contribution in [-0.2, 0) is 4.79 Å². The number of H-pyrrole nitrogens is 1. The summed E-state index contributed by atoms with van der Waals surface area (Å²) in [6, 6.07) is 14.3. The van der Waals surface area contributed by atoms with E-state index >= 15 is 0 Å². The maximum absolute atomic E-state index is 12.3. The zero-order valence-electron chi connectivity index (χ0n) is 13.1. The number of ether oxygens (including phenoxy) is 1. The van der Waals surface area contributed by atoms with E-state index in [0.29, 0.717) is 16.9 Å². The van der Waals surface area contributed by atoms with Gasteiger partial charge in [0.25, 0.3) is 5.91 Å². The summed E-state index contributed by atoms with van der Waals surface area (Å²) in [5.74, 6) is -1.05. The molecule has 126 valence electrons. The SMILES string of the molecule is O=C(O)COc1ccccc1C=NNC(=O)c1c[nH]c2ccccc12. The average molecular weight is 337 g/mol. The van der Waals surface area contributed by atoms with Crippen LogP contribution in [0, 0.1) is 0 Å². The molecule has 0 saturated carbocycles. The second-order valence-electron chi connectivity index (χ2n) is 5.17. The Hall–Kier alpha value is -3.61. The zero-order chi connectivity index (χ0) is 17.6. The highest BCUT2D eigenvalue weighted by atomic mass is 16.5. The lowest BCUT2D eigenvalue weighted by Crippen LogP contribution is -2.17. The lowest BCUT2D eigenvalue weighted by molar-refractivity contribution is -0.139. The number of nitrogens with one attached hydrogen (secondary N) is 2. The van der Waals surface area contributed by atoms with Gasteiger partial charge in [0.2, 0.25) is 0 Å². The number of aliphatic carboxylic acids is 1. The van der Waals surface area contributed by atoms with Crippen molar-refractivity contribution in [3.05, 3.63) is 65.9 Å². The summed E-state index contributed by atoms with van der Waals surface area (Å²) in [5.41, 5.74) is 4.37. The molecular formula is C18H15N3O4. The lowest BCUT2D eigenvalue weighted by atomic mass is 10.2. The fourth-order valence-corrected chi connectivity index (χ4v) is 2.34. The maximum atomic E-state index is 12.3. The predicted octanol–water partition coefficient (Wildman–Crippen LogP) is 2.40. The molecule has 1 amide bonds. The molecule has 0 aliphatic rings. The van der Waals surface area contributed by atoms with Crippen LogP contribution >= 0.6 is 0 Å². The third kappa shape index (κ3) is 3.84.